The maximum atomic E-state index is 12.4. The van der Waals surface area contributed by atoms with Crippen LogP contribution in [0.1, 0.15) is 11.3 Å². The van der Waals surface area contributed by atoms with Gasteiger partial charge in [0.25, 0.3) is 0 Å². The van der Waals surface area contributed by atoms with Gasteiger partial charge in [-0.25, -0.2) is 0 Å². The van der Waals surface area contributed by atoms with Gasteiger partial charge in [-0.05, 0) is 11.8 Å². The number of aromatic nitrogens is 2. The minimum Gasteiger partial charge on any atom is -0.358 e. The van der Waals surface area contributed by atoms with Gasteiger partial charge in [-0.1, -0.05) is 30.3 Å². The van der Waals surface area contributed by atoms with Crippen molar-refractivity contribution in [3.8, 4) is 0 Å². The Balaban J connectivity index is 1.52. The molecule has 0 saturated carbocycles. The minimum absolute atomic E-state index is 0.0418. The molecule has 1 fully saturated rings. The van der Waals surface area contributed by atoms with Crippen molar-refractivity contribution in [1.82, 2.24) is 14.7 Å². The number of quaternary nitrogens is 1. The Morgan fingerprint density at radius 2 is 1.96 bits per heavy atom. The van der Waals surface area contributed by atoms with E-state index in [1.165, 1.54) is 21.2 Å². The molecule has 132 valence electrons. The number of hydrogen-bond acceptors (Lipinski definition) is 4. The molecule has 2 aromatic rings. The number of nitrogens with one attached hydrogen (secondary N) is 1. The first-order valence-electron chi connectivity index (χ1n) is 8.37. The third kappa shape index (κ3) is 4.21. The lowest BCUT2D eigenvalue weighted by Crippen LogP contribution is -3.13. The lowest BCUT2D eigenvalue weighted by Gasteiger charge is -2.32. The molecule has 1 aromatic heterocycles. The first-order chi connectivity index (χ1) is 12.0. The molecule has 8 nitrogen and oxygen atoms in total. The molecule has 0 atom stereocenters. The van der Waals surface area contributed by atoms with Crippen molar-refractivity contribution in [2.24, 2.45) is 0 Å². The van der Waals surface area contributed by atoms with Crippen LogP contribution < -0.4 is 4.90 Å². The quantitative estimate of drug-likeness (QED) is 0.612. The molecule has 0 bridgehead atoms. The zero-order chi connectivity index (χ0) is 17.8. The SMILES string of the molecule is Cc1cc([N+](=O)[O-])nn1CC(=O)N1CC[NH+](Cc2ccccc2)CC1. The molecule has 0 unspecified atom stereocenters. The van der Waals surface area contributed by atoms with Crippen LogP contribution in [0.2, 0.25) is 0 Å². The minimum atomic E-state index is -0.542. The van der Waals surface area contributed by atoms with Crippen LogP contribution in [0, 0.1) is 17.0 Å². The predicted molar refractivity (Wildman–Crippen MR) is 91.0 cm³/mol. The number of piperazine rings is 1. The molecule has 1 aromatic carbocycles. The van der Waals surface area contributed by atoms with Crippen LogP contribution in [0.3, 0.4) is 0 Å². The lowest BCUT2D eigenvalue weighted by molar-refractivity contribution is -0.917. The van der Waals surface area contributed by atoms with Crippen molar-refractivity contribution >= 4 is 11.7 Å². The van der Waals surface area contributed by atoms with Crippen molar-refractivity contribution in [3.63, 3.8) is 0 Å². The molecule has 0 radical (unpaired) electrons. The molecule has 3 rings (SSSR count). The highest BCUT2D eigenvalue weighted by atomic mass is 16.6. The number of nitro groups is 1. The molecule has 0 aliphatic carbocycles. The fraction of sp³-hybridized carbons (Fsp3) is 0.412. The van der Waals surface area contributed by atoms with Crippen molar-refractivity contribution < 1.29 is 14.6 Å². The summed E-state index contributed by atoms with van der Waals surface area (Å²) in [6.45, 7) is 5.93. The Bertz CT molecular complexity index is 751. The maximum Gasteiger partial charge on any atom is 0.390 e. The Hall–Kier alpha value is -2.74. The Morgan fingerprint density at radius 3 is 2.56 bits per heavy atom. The number of benzene rings is 1. The Labute approximate surface area is 145 Å². The van der Waals surface area contributed by atoms with Gasteiger partial charge in [-0.2, -0.15) is 4.68 Å². The van der Waals surface area contributed by atoms with Gasteiger partial charge < -0.3 is 19.9 Å². The third-order valence-electron chi connectivity index (χ3n) is 4.56. The number of amides is 1. The summed E-state index contributed by atoms with van der Waals surface area (Å²) in [6, 6.07) is 11.7. The van der Waals surface area contributed by atoms with E-state index < -0.39 is 4.92 Å². The van der Waals surface area contributed by atoms with Gasteiger partial charge in [0.2, 0.25) is 5.91 Å². The molecular formula is C17H22N5O3+. The van der Waals surface area contributed by atoms with Crippen molar-refractivity contribution in [2.75, 3.05) is 26.2 Å². The van der Waals surface area contributed by atoms with Crippen LogP contribution in [0.4, 0.5) is 5.82 Å². The fourth-order valence-corrected chi connectivity index (χ4v) is 3.10. The molecule has 1 N–H and O–H groups in total. The van der Waals surface area contributed by atoms with Crippen molar-refractivity contribution in [2.45, 2.75) is 20.0 Å². The summed E-state index contributed by atoms with van der Waals surface area (Å²) < 4.78 is 1.41. The molecule has 8 heteroatoms. The number of carbonyl (C=O) groups is 1. The van der Waals surface area contributed by atoms with E-state index in [1.807, 2.05) is 23.1 Å². The number of aryl methyl sites for hydroxylation is 1. The van der Waals surface area contributed by atoms with Gasteiger partial charge in [-0.3, -0.25) is 4.79 Å². The van der Waals surface area contributed by atoms with E-state index in [1.54, 1.807) is 6.92 Å². The van der Waals surface area contributed by atoms with E-state index in [0.717, 1.165) is 19.6 Å². The van der Waals surface area contributed by atoms with Gasteiger partial charge in [0, 0.05) is 5.56 Å². The highest BCUT2D eigenvalue weighted by Gasteiger charge is 2.26. The zero-order valence-corrected chi connectivity index (χ0v) is 14.2. The molecule has 1 amide bonds. The number of nitrogens with zero attached hydrogens (tertiary/aromatic N) is 4. The average Bonchev–Trinajstić information content (AvgIpc) is 2.97. The first kappa shape index (κ1) is 17.1. The van der Waals surface area contributed by atoms with E-state index in [2.05, 4.69) is 17.2 Å². The molecule has 0 spiro atoms. The number of rotatable bonds is 5. The van der Waals surface area contributed by atoms with Gasteiger partial charge in [0.15, 0.2) is 0 Å². The third-order valence-corrected chi connectivity index (χ3v) is 4.56. The monoisotopic (exact) mass is 344 g/mol. The highest BCUT2D eigenvalue weighted by Crippen LogP contribution is 2.11. The van der Waals surface area contributed by atoms with E-state index in [-0.39, 0.29) is 18.3 Å². The molecule has 25 heavy (non-hydrogen) atoms. The number of hydrogen-bond donors (Lipinski definition) is 1. The lowest BCUT2D eigenvalue weighted by atomic mass is 10.2. The molecule has 1 saturated heterocycles. The first-order valence-corrected chi connectivity index (χ1v) is 8.37. The van der Waals surface area contributed by atoms with E-state index in [9.17, 15) is 14.9 Å². The van der Waals surface area contributed by atoms with Gasteiger partial charge >= 0.3 is 5.82 Å². The molecule has 1 aliphatic rings. The van der Waals surface area contributed by atoms with Crippen LogP contribution in [-0.2, 0) is 17.9 Å². The summed E-state index contributed by atoms with van der Waals surface area (Å²) in [7, 11) is 0. The second kappa shape index (κ2) is 7.43. The van der Waals surface area contributed by atoms with Crippen LogP contribution in [0.5, 0.6) is 0 Å². The van der Waals surface area contributed by atoms with Gasteiger partial charge in [-0.15, -0.1) is 0 Å². The summed E-state index contributed by atoms with van der Waals surface area (Å²) in [4.78, 5) is 26.0. The van der Waals surface area contributed by atoms with Gasteiger partial charge in [0.1, 0.15) is 13.1 Å². The highest BCUT2D eigenvalue weighted by molar-refractivity contribution is 5.76. The summed E-state index contributed by atoms with van der Waals surface area (Å²) in [5, 5.41) is 14.7. The van der Waals surface area contributed by atoms with E-state index >= 15 is 0 Å². The van der Waals surface area contributed by atoms with Gasteiger partial charge in [0.05, 0.1) is 43.0 Å². The smallest absolute Gasteiger partial charge is 0.358 e. The number of carbonyl (C=O) groups excluding carboxylic acids is 1. The van der Waals surface area contributed by atoms with Crippen LogP contribution in [0.25, 0.3) is 0 Å². The Morgan fingerprint density at radius 1 is 1.28 bits per heavy atom. The fourth-order valence-electron chi connectivity index (χ4n) is 3.10. The zero-order valence-electron chi connectivity index (χ0n) is 14.2. The van der Waals surface area contributed by atoms with Crippen molar-refractivity contribution in [1.29, 1.82) is 0 Å². The normalized spacial score (nSPS) is 15.3. The van der Waals surface area contributed by atoms with E-state index in [4.69, 9.17) is 0 Å². The largest absolute Gasteiger partial charge is 0.390 e. The summed E-state index contributed by atoms with van der Waals surface area (Å²) in [5.74, 6) is -0.262. The average molecular weight is 344 g/mol. The molecule has 2 heterocycles. The second-order valence-corrected chi connectivity index (χ2v) is 6.35. The Kier molecular flexibility index (Phi) is 5.08. The second-order valence-electron chi connectivity index (χ2n) is 6.35. The topological polar surface area (TPSA) is 85.7 Å². The standard InChI is InChI=1S/C17H21N5O3/c1-14-11-16(22(24)25)18-21(14)13-17(23)20-9-7-19(8-10-20)12-15-5-3-2-4-6-15/h2-6,11H,7-10,12-13H2,1H3/p+1. The summed E-state index contributed by atoms with van der Waals surface area (Å²) in [6.07, 6.45) is 0. The summed E-state index contributed by atoms with van der Waals surface area (Å²) >= 11 is 0. The maximum absolute atomic E-state index is 12.4. The van der Waals surface area contributed by atoms with Crippen molar-refractivity contribution in [3.05, 3.63) is 57.8 Å². The summed E-state index contributed by atoms with van der Waals surface area (Å²) in [5.41, 5.74) is 1.92. The van der Waals surface area contributed by atoms with E-state index in [0.29, 0.717) is 18.8 Å². The molecule has 1 aliphatic heterocycles. The predicted octanol–water partition coefficient (Wildman–Crippen LogP) is 0.0270. The molecular weight excluding hydrogens is 322 g/mol. The van der Waals surface area contributed by atoms with Crippen LogP contribution >= 0.6 is 0 Å². The van der Waals surface area contributed by atoms with Crippen LogP contribution in [-0.4, -0.2) is 51.7 Å². The van der Waals surface area contributed by atoms with Crippen LogP contribution in [0.15, 0.2) is 36.4 Å².